The van der Waals surface area contributed by atoms with Gasteiger partial charge in [0, 0.05) is 31.7 Å². The maximum atomic E-state index is 13.4. The second kappa shape index (κ2) is 13.3. The van der Waals surface area contributed by atoms with E-state index in [4.69, 9.17) is 18.9 Å². The highest BCUT2D eigenvalue weighted by molar-refractivity contribution is 6.46. The smallest absolute Gasteiger partial charge is 0.295 e. The summed E-state index contributed by atoms with van der Waals surface area (Å²) in [6, 6.07) is 11.3. The van der Waals surface area contributed by atoms with Gasteiger partial charge in [-0.2, -0.15) is 0 Å². The van der Waals surface area contributed by atoms with Gasteiger partial charge in [0.2, 0.25) is 0 Å². The molecule has 4 rings (SSSR count). The SMILES string of the molecule is C=CCOc1ccc(C2/C(=C(\O)c3ccc(OCC)cc3)C(=O)C(=O)N2CCCN2CCOCC2)cc1OC. The molecular weight excluding hydrogens is 500 g/mol. The molecule has 2 fully saturated rings. The van der Waals surface area contributed by atoms with Gasteiger partial charge in [0.25, 0.3) is 11.7 Å². The Morgan fingerprint density at radius 3 is 2.49 bits per heavy atom. The number of aliphatic hydroxyl groups is 1. The zero-order valence-electron chi connectivity index (χ0n) is 22.6. The Kier molecular flexibility index (Phi) is 9.62. The summed E-state index contributed by atoms with van der Waals surface area (Å²) >= 11 is 0. The quantitative estimate of drug-likeness (QED) is 0.189. The number of benzene rings is 2. The number of Topliss-reactive ketones (excluding diaryl/α,β-unsaturated/α-hetero) is 1. The minimum absolute atomic E-state index is 0.0392. The number of methoxy groups -OCH3 is 1. The summed E-state index contributed by atoms with van der Waals surface area (Å²) in [7, 11) is 1.53. The Labute approximate surface area is 229 Å². The Hall–Kier alpha value is -3.82. The molecule has 39 heavy (non-hydrogen) atoms. The first kappa shape index (κ1) is 28.2. The van der Waals surface area contributed by atoms with Crippen LogP contribution in [0.5, 0.6) is 17.2 Å². The van der Waals surface area contributed by atoms with Crippen LogP contribution in [-0.4, -0.2) is 86.3 Å². The number of amides is 1. The van der Waals surface area contributed by atoms with Crippen molar-refractivity contribution in [2.45, 2.75) is 19.4 Å². The van der Waals surface area contributed by atoms with E-state index in [1.165, 1.54) is 7.11 Å². The van der Waals surface area contributed by atoms with Crippen LogP contribution in [0.3, 0.4) is 0 Å². The van der Waals surface area contributed by atoms with Crippen LogP contribution >= 0.6 is 0 Å². The second-order valence-corrected chi connectivity index (χ2v) is 9.27. The maximum Gasteiger partial charge on any atom is 0.295 e. The number of likely N-dealkylation sites (tertiary alicyclic amines) is 1. The Balaban J connectivity index is 1.70. The van der Waals surface area contributed by atoms with Crippen molar-refractivity contribution in [2.75, 3.05) is 59.7 Å². The summed E-state index contributed by atoms with van der Waals surface area (Å²) in [5, 5.41) is 11.4. The van der Waals surface area contributed by atoms with Gasteiger partial charge in [0.1, 0.15) is 18.1 Å². The lowest BCUT2D eigenvalue weighted by molar-refractivity contribution is -0.140. The van der Waals surface area contributed by atoms with E-state index in [1.807, 2.05) is 6.92 Å². The first-order valence-corrected chi connectivity index (χ1v) is 13.2. The summed E-state index contributed by atoms with van der Waals surface area (Å²) in [6.45, 7) is 10.5. The van der Waals surface area contributed by atoms with Gasteiger partial charge in [-0.05, 0) is 55.3 Å². The predicted molar refractivity (Wildman–Crippen MR) is 147 cm³/mol. The minimum atomic E-state index is -0.788. The molecule has 1 N–H and O–H groups in total. The highest BCUT2D eigenvalue weighted by atomic mass is 16.5. The summed E-state index contributed by atoms with van der Waals surface area (Å²) in [6.07, 6.45) is 2.30. The molecule has 0 aromatic heterocycles. The third-order valence-corrected chi connectivity index (χ3v) is 6.82. The van der Waals surface area contributed by atoms with E-state index in [0.717, 1.165) is 19.6 Å². The third-order valence-electron chi connectivity index (χ3n) is 6.82. The van der Waals surface area contributed by atoms with Crippen molar-refractivity contribution < 1.29 is 33.6 Å². The number of carbonyl (C=O) groups excluding carboxylic acids is 2. The Bertz CT molecular complexity index is 1200. The van der Waals surface area contributed by atoms with Crippen LogP contribution in [0.2, 0.25) is 0 Å². The molecule has 0 bridgehead atoms. The largest absolute Gasteiger partial charge is 0.507 e. The number of ketones is 1. The molecule has 208 valence electrons. The fraction of sp³-hybridized carbons (Fsp3) is 0.400. The van der Waals surface area contributed by atoms with Crippen LogP contribution in [0.25, 0.3) is 5.76 Å². The van der Waals surface area contributed by atoms with E-state index >= 15 is 0 Å². The molecule has 2 aromatic carbocycles. The summed E-state index contributed by atoms with van der Waals surface area (Å²) in [4.78, 5) is 30.5. The van der Waals surface area contributed by atoms with Crippen molar-refractivity contribution in [1.82, 2.24) is 9.80 Å². The van der Waals surface area contributed by atoms with Gasteiger partial charge in [0.05, 0.1) is 38.5 Å². The molecule has 9 nitrogen and oxygen atoms in total. The lowest BCUT2D eigenvalue weighted by Crippen LogP contribution is -2.39. The first-order valence-electron chi connectivity index (χ1n) is 13.2. The molecule has 2 aromatic rings. The normalized spacial score (nSPS) is 19.2. The van der Waals surface area contributed by atoms with Crippen LogP contribution in [0.1, 0.15) is 30.5 Å². The van der Waals surface area contributed by atoms with Crippen LogP contribution < -0.4 is 14.2 Å². The number of hydrogen-bond donors (Lipinski definition) is 1. The van der Waals surface area contributed by atoms with Crippen molar-refractivity contribution in [3.05, 3.63) is 71.8 Å². The van der Waals surface area contributed by atoms with Crippen molar-refractivity contribution >= 4 is 17.4 Å². The maximum absolute atomic E-state index is 13.4. The number of carbonyl (C=O) groups is 2. The first-order chi connectivity index (χ1) is 19.0. The minimum Gasteiger partial charge on any atom is -0.507 e. The summed E-state index contributed by atoms with van der Waals surface area (Å²) in [5.74, 6) is 0.0208. The molecule has 2 heterocycles. The van der Waals surface area contributed by atoms with Gasteiger partial charge >= 0.3 is 0 Å². The molecule has 9 heteroatoms. The average molecular weight is 537 g/mol. The molecule has 2 aliphatic rings. The van der Waals surface area contributed by atoms with E-state index in [0.29, 0.717) is 67.8 Å². The topological polar surface area (TPSA) is 97.8 Å². The number of aliphatic hydroxyl groups excluding tert-OH is 1. The summed E-state index contributed by atoms with van der Waals surface area (Å²) in [5.41, 5.74) is 1.10. The standard InChI is InChI=1S/C30H36N2O7/c1-4-17-39-24-12-9-22(20-25(24)36-3)27-26(28(33)21-7-10-23(11-8-21)38-5-2)29(34)30(35)32(27)14-6-13-31-15-18-37-19-16-31/h4,7-12,20,27,33H,1,5-6,13-19H2,2-3H3/b28-26+. The highest BCUT2D eigenvalue weighted by Gasteiger charge is 2.46. The van der Waals surface area contributed by atoms with E-state index < -0.39 is 17.7 Å². The predicted octanol–water partition coefficient (Wildman–Crippen LogP) is 3.80. The number of nitrogens with zero attached hydrogens (tertiary/aromatic N) is 2. The molecule has 1 atom stereocenters. The van der Waals surface area contributed by atoms with Gasteiger partial charge in [-0.1, -0.05) is 18.7 Å². The number of morpholine rings is 1. The van der Waals surface area contributed by atoms with Gasteiger partial charge in [-0.25, -0.2) is 0 Å². The van der Waals surface area contributed by atoms with E-state index in [1.54, 1.807) is 53.4 Å². The lowest BCUT2D eigenvalue weighted by atomic mass is 9.95. The van der Waals surface area contributed by atoms with Crippen molar-refractivity contribution in [1.29, 1.82) is 0 Å². The van der Waals surface area contributed by atoms with Crippen LogP contribution in [0.4, 0.5) is 0 Å². The zero-order valence-corrected chi connectivity index (χ0v) is 22.6. The Morgan fingerprint density at radius 2 is 1.82 bits per heavy atom. The molecule has 0 radical (unpaired) electrons. The molecule has 1 unspecified atom stereocenters. The fourth-order valence-corrected chi connectivity index (χ4v) is 4.90. The van der Waals surface area contributed by atoms with E-state index in [2.05, 4.69) is 11.5 Å². The monoisotopic (exact) mass is 536 g/mol. The lowest BCUT2D eigenvalue weighted by Gasteiger charge is -2.29. The van der Waals surface area contributed by atoms with Gasteiger partial charge < -0.3 is 29.0 Å². The zero-order chi connectivity index (χ0) is 27.8. The van der Waals surface area contributed by atoms with Crippen LogP contribution in [0, 0.1) is 0 Å². The van der Waals surface area contributed by atoms with Crippen molar-refractivity contribution in [3.8, 4) is 17.2 Å². The van der Waals surface area contributed by atoms with Gasteiger partial charge in [-0.3, -0.25) is 14.5 Å². The molecule has 1 amide bonds. The third kappa shape index (κ3) is 6.43. The average Bonchev–Trinajstić information content (AvgIpc) is 3.22. The van der Waals surface area contributed by atoms with Crippen molar-refractivity contribution in [3.63, 3.8) is 0 Å². The molecule has 2 saturated heterocycles. The fourth-order valence-electron chi connectivity index (χ4n) is 4.90. The van der Waals surface area contributed by atoms with Gasteiger partial charge in [0.15, 0.2) is 11.5 Å². The second-order valence-electron chi connectivity index (χ2n) is 9.27. The van der Waals surface area contributed by atoms with E-state index in [9.17, 15) is 14.7 Å². The summed E-state index contributed by atoms with van der Waals surface area (Å²) < 4.78 is 22.2. The van der Waals surface area contributed by atoms with Crippen LogP contribution in [0.15, 0.2) is 60.7 Å². The molecule has 0 spiro atoms. The van der Waals surface area contributed by atoms with Crippen LogP contribution in [-0.2, 0) is 14.3 Å². The number of rotatable bonds is 12. The van der Waals surface area contributed by atoms with Crippen molar-refractivity contribution in [2.24, 2.45) is 0 Å². The molecular formula is C30H36N2O7. The molecule has 0 saturated carbocycles. The number of hydrogen-bond acceptors (Lipinski definition) is 8. The molecule has 2 aliphatic heterocycles. The Morgan fingerprint density at radius 1 is 1.08 bits per heavy atom. The molecule has 0 aliphatic carbocycles. The number of ether oxygens (including phenoxy) is 4. The van der Waals surface area contributed by atoms with Gasteiger partial charge in [-0.15, -0.1) is 0 Å². The van der Waals surface area contributed by atoms with E-state index in [-0.39, 0.29) is 11.3 Å². The highest BCUT2D eigenvalue weighted by Crippen LogP contribution is 2.42.